The summed E-state index contributed by atoms with van der Waals surface area (Å²) < 4.78 is 5.01. The Labute approximate surface area is 172 Å². The van der Waals surface area contributed by atoms with Crippen LogP contribution in [0.1, 0.15) is 22.9 Å². The van der Waals surface area contributed by atoms with Gasteiger partial charge in [-0.05, 0) is 29.3 Å². The number of hydrogen-bond donors (Lipinski definition) is 1. The smallest absolute Gasteiger partial charge is 0.328 e. The van der Waals surface area contributed by atoms with E-state index in [2.05, 4.69) is 4.98 Å². The summed E-state index contributed by atoms with van der Waals surface area (Å²) in [5.41, 5.74) is 3.67. The molecule has 2 heterocycles. The molecule has 144 valence electrons. The van der Waals surface area contributed by atoms with Crippen molar-refractivity contribution in [2.75, 3.05) is 13.0 Å². The molecule has 1 aliphatic rings. The number of H-pyrrole nitrogens is 1. The number of fused-ring (bicyclic) bond motifs is 3. The van der Waals surface area contributed by atoms with E-state index in [4.69, 9.17) is 27.9 Å². The molecule has 28 heavy (non-hydrogen) atoms. The number of carbonyl (C=O) groups excluding carboxylic acids is 2. The Balaban J connectivity index is 1.98. The van der Waals surface area contributed by atoms with Crippen molar-refractivity contribution in [2.24, 2.45) is 0 Å². The van der Waals surface area contributed by atoms with Gasteiger partial charge < -0.3 is 14.6 Å². The highest BCUT2D eigenvalue weighted by Gasteiger charge is 2.43. The van der Waals surface area contributed by atoms with Gasteiger partial charge in [-0.3, -0.25) is 4.79 Å². The molecule has 0 fully saturated rings. The minimum atomic E-state index is -0.761. The Hall–Kier alpha value is -2.50. The summed E-state index contributed by atoms with van der Waals surface area (Å²) in [5.74, 6) is -1.03. The lowest BCUT2D eigenvalue weighted by Crippen LogP contribution is -2.52. The van der Waals surface area contributed by atoms with E-state index in [9.17, 15) is 9.59 Å². The number of halogens is 2. The largest absolute Gasteiger partial charge is 0.467 e. The van der Waals surface area contributed by atoms with Gasteiger partial charge in [-0.25, -0.2) is 4.79 Å². The van der Waals surface area contributed by atoms with Gasteiger partial charge in [0.15, 0.2) is 0 Å². The van der Waals surface area contributed by atoms with Crippen LogP contribution >= 0.6 is 23.2 Å². The number of hydrogen-bond acceptors (Lipinski definition) is 3. The number of amides is 1. The summed E-state index contributed by atoms with van der Waals surface area (Å²) in [6.45, 7) is 0. The van der Waals surface area contributed by atoms with E-state index in [1.807, 2.05) is 36.4 Å². The van der Waals surface area contributed by atoms with Crippen molar-refractivity contribution in [3.8, 4) is 0 Å². The van der Waals surface area contributed by atoms with Gasteiger partial charge in [0.1, 0.15) is 11.9 Å². The zero-order chi connectivity index (χ0) is 19.8. The van der Waals surface area contributed by atoms with Crippen LogP contribution in [0.4, 0.5) is 0 Å². The molecule has 0 saturated carbocycles. The summed E-state index contributed by atoms with van der Waals surface area (Å²) in [5, 5.41) is 1.62. The SMILES string of the molecule is COC(=O)[C@@H]1Cc2c([nH]c3ccccc23)[C@@H](c2ccc(Cl)cc2)N1C(=O)CCl. The summed E-state index contributed by atoms with van der Waals surface area (Å²) in [7, 11) is 1.33. The van der Waals surface area contributed by atoms with Crippen molar-refractivity contribution in [2.45, 2.75) is 18.5 Å². The first-order valence-corrected chi connectivity index (χ1v) is 9.76. The number of alkyl halides is 1. The molecule has 0 spiro atoms. The fourth-order valence-electron chi connectivity index (χ4n) is 3.98. The maximum absolute atomic E-state index is 12.8. The lowest BCUT2D eigenvalue weighted by atomic mass is 9.88. The highest BCUT2D eigenvalue weighted by molar-refractivity contribution is 6.30. The number of carbonyl (C=O) groups is 2. The first-order chi connectivity index (χ1) is 13.5. The Bertz CT molecular complexity index is 1050. The predicted octanol–water partition coefficient (Wildman–Crippen LogP) is 4.08. The average Bonchev–Trinajstić information content (AvgIpc) is 3.10. The van der Waals surface area contributed by atoms with Gasteiger partial charge in [0.05, 0.1) is 13.2 Å². The molecule has 3 aromatic rings. The average molecular weight is 417 g/mol. The first-order valence-electron chi connectivity index (χ1n) is 8.85. The Morgan fingerprint density at radius 3 is 2.57 bits per heavy atom. The van der Waals surface area contributed by atoms with Gasteiger partial charge >= 0.3 is 5.97 Å². The van der Waals surface area contributed by atoms with E-state index in [0.717, 1.165) is 27.7 Å². The number of benzene rings is 2. The summed E-state index contributed by atoms with van der Waals surface area (Å²) >= 11 is 12.0. The summed E-state index contributed by atoms with van der Waals surface area (Å²) in [6.07, 6.45) is 0.360. The minimum Gasteiger partial charge on any atom is -0.467 e. The standard InChI is InChI=1S/C21H18Cl2N2O3/c1-28-21(27)17-10-15-14-4-2-3-5-16(14)24-19(15)20(25(17)18(26)11-22)12-6-8-13(23)9-7-12/h2-9,17,20,24H,10-11H2,1H3/t17-,20+/m0/s1. The molecule has 1 aliphatic heterocycles. The van der Waals surface area contributed by atoms with Gasteiger partial charge in [0.25, 0.3) is 0 Å². The lowest BCUT2D eigenvalue weighted by Gasteiger charge is -2.40. The molecule has 0 radical (unpaired) electrons. The normalized spacial score (nSPS) is 18.8. The Morgan fingerprint density at radius 2 is 1.89 bits per heavy atom. The molecule has 4 rings (SSSR count). The van der Waals surface area contributed by atoms with Crippen LogP contribution in [0.25, 0.3) is 10.9 Å². The molecular weight excluding hydrogens is 399 g/mol. The van der Waals surface area contributed by atoms with Crippen LogP contribution in [0.2, 0.25) is 5.02 Å². The number of aromatic nitrogens is 1. The summed E-state index contributed by atoms with van der Waals surface area (Å²) in [4.78, 5) is 30.4. The Morgan fingerprint density at radius 1 is 1.18 bits per heavy atom. The van der Waals surface area contributed by atoms with Crippen LogP contribution in [0, 0.1) is 0 Å². The second-order valence-electron chi connectivity index (χ2n) is 6.69. The molecule has 0 saturated heterocycles. The second kappa shape index (κ2) is 7.49. The van der Waals surface area contributed by atoms with E-state index >= 15 is 0 Å². The fraction of sp³-hybridized carbons (Fsp3) is 0.238. The zero-order valence-electron chi connectivity index (χ0n) is 15.1. The highest BCUT2D eigenvalue weighted by Crippen LogP contribution is 2.41. The van der Waals surface area contributed by atoms with Crippen LogP contribution in [0.5, 0.6) is 0 Å². The van der Waals surface area contributed by atoms with Crippen LogP contribution < -0.4 is 0 Å². The van der Waals surface area contributed by atoms with Crippen LogP contribution in [0.3, 0.4) is 0 Å². The third-order valence-electron chi connectivity index (χ3n) is 5.19. The van der Waals surface area contributed by atoms with Gasteiger partial charge in [-0.15, -0.1) is 11.6 Å². The van der Waals surface area contributed by atoms with Crippen molar-refractivity contribution in [1.29, 1.82) is 0 Å². The van der Waals surface area contributed by atoms with Gasteiger partial charge in [0, 0.05) is 28.0 Å². The second-order valence-corrected chi connectivity index (χ2v) is 7.40. The highest BCUT2D eigenvalue weighted by atomic mass is 35.5. The van der Waals surface area contributed by atoms with Crippen LogP contribution in [0.15, 0.2) is 48.5 Å². The first kappa shape index (κ1) is 18.8. The molecule has 0 unspecified atom stereocenters. The topological polar surface area (TPSA) is 62.4 Å². The third kappa shape index (κ3) is 3.05. The molecular formula is C21H18Cl2N2O3. The van der Waals surface area contributed by atoms with Crippen LogP contribution in [-0.4, -0.2) is 40.8 Å². The van der Waals surface area contributed by atoms with Crippen molar-refractivity contribution < 1.29 is 14.3 Å². The van der Waals surface area contributed by atoms with Crippen molar-refractivity contribution in [1.82, 2.24) is 9.88 Å². The van der Waals surface area contributed by atoms with Crippen molar-refractivity contribution in [3.63, 3.8) is 0 Å². The van der Waals surface area contributed by atoms with Crippen molar-refractivity contribution in [3.05, 3.63) is 70.4 Å². The molecule has 1 aromatic heterocycles. The lowest BCUT2D eigenvalue weighted by molar-refractivity contribution is -0.154. The molecule has 2 aromatic carbocycles. The Kier molecular flexibility index (Phi) is 5.04. The number of ether oxygens (including phenoxy) is 1. The zero-order valence-corrected chi connectivity index (χ0v) is 16.6. The number of aromatic amines is 1. The van der Waals surface area contributed by atoms with Crippen molar-refractivity contribution >= 4 is 46.0 Å². The number of esters is 1. The molecule has 2 atom stereocenters. The number of para-hydroxylation sites is 1. The fourth-order valence-corrected chi connectivity index (χ4v) is 4.24. The van der Waals surface area contributed by atoms with Gasteiger partial charge in [0.2, 0.25) is 5.91 Å². The molecule has 0 bridgehead atoms. The van der Waals surface area contributed by atoms with E-state index in [1.54, 1.807) is 12.1 Å². The van der Waals surface area contributed by atoms with Crippen LogP contribution in [-0.2, 0) is 20.7 Å². The predicted molar refractivity (Wildman–Crippen MR) is 109 cm³/mol. The molecule has 1 N–H and O–H groups in total. The van der Waals surface area contributed by atoms with E-state index < -0.39 is 18.1 Å². The minimum absolute atomic E-state index is 0.229. The number of rotatable bonds is 3. The van der Waals surface area contributed by atoms with Gasteiger partial charge in [-0.1, -0.05) is 41.9 Å². The maximum Gasteiger partial charge on any atom is 0.328 e. The number of nitrogens with one attached hydrogen (secondary N) is 1. The molecule has 5 nitrogen and oxygen atoms in total. The van der Waals surface area contributed by atoms with E-state index in [0.29, 0.717) is 11.4 Å². The van der Waals surface area contributed by atoms with Gasteiger partial charge in [-0.2, -0.15) is 0 Å². The third-order valence-corrected chi connectivity index (χ3v) is 5.67. The monoisotopic (exact) mass is 416 g/mol. The number of methoxy groups -OCH3 is 1. The van der Waals surface area contributed by atoms with E-state index in [1.165, 1.54) is 12.0 Å². The maximum atomic E-state index is 12.8. The molecule has 7 heteroatoms. The quantitative estimate of drug-likeness (QED) is 0.516. The molecule has 1 amide bonds. The number of nitrogens with zero attached hydrogens (tertiary/aromatic N) is 1. The van der Waals surface area contributed by atoms with E-state index in [-0.39, 0.29) is 11.8 Å². The molecule has 0 aliphatic carbocycles. The summed E-state index contributed by atoms with van der Waals surface area (Å²) in [6, 6.07) is 13.9.